The highest BCUT2D eigenvalue weighted by molar-refractivity contribution is 5.80. The van der Waals surface area contributed by atoms with E-state index < -0.39 is 11.5 Å². The van der Waals surface area contributed by atoms with E-state index in [0.29, 0.717) is 0 Å². The Hall–Kier alpha value is -1.35. The molecule has 1 fully saturated rings. The number of nitrogens with zero attached hydrogens (tertiary/aromatic N) is 1. The summed E-state index contributed by atoms with van der Waals surface area (Å²) >= 11 is 0. The molecule has 1 aromatic rings. The van der Waals surface area contributed by atoms with Gasteiger partial charge in [-0.1, -0.05) is 45.0 Å². The second-order valence-corrected chi connectivity index (χ2v) is 6.90. The van der Waals surface area contributed by atoms with Gasteiger partial charge in [0, 0.05) is 0 Å². The van der Waals surface area contributed by atoms with Gasteiger partial charge in [0.2, 0.25) is 0 Å². The fourth-order valence-electron chi connectivity index (χ4n) is 2.90. The van der Waals surface area contributed by atoms with Crippen molar-refractivity contribution in [3.63, 3.8) is 0 Å². The lowest BCUT2D eigenvalue weighted by Gasteiger charge is -2.35. The Bertz CT molecular complexity index is 481. The van der Waals surface area contributed by atoms with Gasteiger partial charge in [0.15, 0.2) is 0 Å². The molecule has 20 heavy (non-hydrogen) atoms. The Morgan fingerprint density at radius 3 is 1.85 bits per heavy atom. The lowest BCUT2D eigenvalue weighted by molar-refractivity contribution is -0.150. The first kappa shape index (κ1) is 15.0. The molecule has 1 unspecified atom stereocenters. The van der Waals surface area contributed by atoms with Gasteiger partial charge in [-0.15, -0.1) is 0 Å². The van der Waals surface area contributed by atoms with Crippen molar-refractivity contribution < 1.29 is 9.90 Å². The monoisotopic (exact) mass is 275 g/mol. The maximum Gasteiger partial charge on any atom is 0.328 e. The molecule has 1 atom stereocenters. The highest BCUT2D eigenvalue weighted by Gasteiger charge is 2.42. The van der Waals surface area contributed by atoms with E-state index in [1.807, 2.05) is 19.1 Å². The van der Waals surface area contributed by atoms with E-state index in [2.05, 4.69) is 37.8 Å². The summed E-state index contributed by atoms with van der Waals surface area (Å²) in [5.74, 6) is -0.761. The first-order valence-corrected chi connectivity index (χ1v) is 7.36. The van der Waals surface area contributed by atoms with Crippen molar-refractivity contribution in [2.75, 3.05) is 13.1 Å². The van der Waals surface area contributed by atoms with E-state index in [1.54, 1.807) is 0 Å². The van der Waals surface area contributed by atoms with Crippen LogP contribution in [0.5, 0.6) is 0 Å². The lowest BCUT2D eigenvalue weighted by Crippen LogP contribution is -2.48. The van der Waals surface area contributed by atoms with Gasteiger partial charge in [0.05, 0.1) is 0 Å². The molecular weight excluding hydrogens is 250 g/mol. The summed E-state index contributed by atoms with van der Waals surface area (Å²) in [6.07, 6.45) is 2.17. The third-order valence-electron chi connectivity index (χ3n) is 4.47. The minimum absolute atomic E-state index is 0.0891. The number of carboxylic acid groups (broad SMARTS) is 1. The molecule has 0 bridgehead atoms. The van der Waals surface area contributed by atoms with Gasteiger partial charge >= 0.3 is 5.97 Å². The largest absolute Gasteiger partial charge is 0.480 e. The highest BCUT2D eigenvalue weighted by atomic mass is 16.4. The van der Waals surface area contributed by atoms with Crippen LogP contribution in [0.3, 0.4) is 0 Å². The molecule has 0 aromatic heterocycles. The zero-order chi connectivity index (χ0) is 15.0. The van der Waals surface area contributed by atoms with E-state index in [9.17, 15) is 9.90 Å². The zero-order valence-electron chi connectivity index (χ0n) is 12.9. The number of aliphatic carboxylic acids is 1. The highest BCUT2D eigenvalue weighted by Crippen LogP contribution is 2.33. The van der Waals surface area contributed by atoms with Crippen LogP contribution in [0, 0.1) is 0 Å². The van der Waals surface area contributed by atoms with Crippen LogP contribution in [0.1, 0.15) is 51.7 Å². The van der Waals surface area contributed by atoms with Crippen LogP contribution >= 0.6 is 0 Å². The zero-order valence-corrected chi connectivity index (χ0v) is 12.9. The summed E-state index contributed by atoms with van der Waals surface area (Å²) in [4.78, 5) is 13.9. The number of carboxylic acids is 1. The van der Waals surface area contributed by atoms with Crippen LogP contribution in [0.4, 0.5) is 0 Å². The van der Waals surface area contributed by atoms with Crippen molar-refractivity contribution >= 4 is 5.97 Å². The Labute approximate surface area is 121 Å². The van der Waals surface area contributed by atoms with Gasteiger partial charge < -0.3 is 5.11 Å². The van der Waals surface area contributed by atoms with E-state index in [1.165, 1.54) is 5.56 Å². The standard InChI is InChI=1S/C17H25NO2/c1-16(2,3)13-7-9-14(10-8-13)17(4,15(19)20)18-11-5-6-12-18/h7-10H,5-6,11-12H2,1-4H3,(H,19,20). The number of hydrogen-bond donors (Lipinski definition) is 1. The van der Waals surface area contributed by atoms with Crippen LogP contribution in [-0.4, -0.2) is 29.1 Å². The number of likely N-dealkylation sites (tertiary alicyclic amines) is 1. The molecule has 1 aromatic carbocycles. The van der Waals surface area contributed by atoms with Crippen molar-refractivity contribution in [3.05, 3.63) is 35.4 Å². The molecule has 1 aliphatic heterocycles. The maximum absolute atomic E-state index is 11.8. The van der Waals surface area contributed by atoms with Gasteiger partial charge in [-0.3, -0.25) is 4.90 Å². The van der Waals surface area contributed by atoms with Gasteiger partial charge in [0.1, 0.15) is 5.54 Å². The second kappa shape index (κ2) is 5.21. The van der Waals surface area contributed by atoms with Crippen LogP contribution < -0.4 is 0 Å². The van der Waals surface area contributed by atoms with Crippen LogP contribution in [0.25, 0.3) is 0 Å². The summed E-state index contributed by atoms with van der Waals surface area (Å²) < 4.78 is 0. The Balaban J connectivity index is 2.37. The third-order valence-corrected chi connectivity index (χ3v) is 4.47. The quantitative estimate of drug-likeness (QED) is 0.919. The molecule has 1 N–H and O–H groups in total. The molecular formula is C17H25NO2. The SMILES string of the molecule is CC(C)(C)c1ccc(C(C)(C(=O)O)N2CCCC2)cc1. The molecule has 1 saturated heterocycles. The van der Waals surface area contributed by atoms with Crippen LogP contribution in [0.2, 0.25) is 0 Å². The fourth-order valence-corrected chi connectivity index (χ4v) is 2.90. The minimum Gasteiger partial charge on any atom is -0.480 e. The summed E-state index contributed by atoms with van der Waals surface area (Å²) in [5.41, 5.74) is 1.29. The number of hydrogen-bond acceptors (Lipinski definition) is 2. The molecule has 0 spiro atoms. The Morgan fingerprint density at radius 2 is 1.45 bits per heavy atom. The fraction of sp³-hybridized carbons (Fsp3) is 0.588. The number of benzene rings is 1. The molecule has 1 aliphatic rings. The predicted molar refractivity (Wildman–Crippen MR) is 80.9 cm³/mol. The molecule has 0 radical (unpaired) electrons. The molecule has 0 saturated carbocycles. The summed E-state index contributed by atoms with van der Waals surface area (Å²) in [7, 11) is 0. The van der Waals surface area contributed by atoms with Crippen LogP contribution in [0.15, 0.2) is 24.3 Å². The second-order valence-electron chi connectivity index (χ2n) is 6.90. The normalized spacial score (nSPS) is 19.8. The van der Waals surface area contributed by atoms with Crippen molar-refractivity contribution in [1.82, 2.24) is 4.90 Å². The summed E-state index contributed by atoms with van der Waals surface area (Å²) in [5, 5.41) is 9.73. The van der Waals surface area contributed by atoms with E-state index >= 15 is 0 Å². The molecule has 110 valence electrons. The van der Waals surface area contributed by atoms with Crippen molar-refractivity contribution in [3.8, 4) is 0 Å². The molecule has 2 rings (SSSR count). The smallest absolute Gasteiger partial charge is 0.328 e. The predicted octanol–water partition coefficient (Wildman–Crippen LogP) is 3.38. The van der Waals surface area contributed by atoms with Gasteiger partial charge in [-0.05, 0) is 49.4 Å². The first-order chi connectivity index (χ1) is 9.26. The maximum atomic E-state index is 11.8. The van der Waals surface area contributed by atoms with Gasteiger partial charge in [-0.25, -0.2) is 4.79 Å². The molecule has 3 nitrogen and oxygen atoms in total. The third kappa shape index (κ3) is 2.59. The van der Waals surface area contributed by atoms with E-state index in [-0.39, 0.29) is 5.41 Å². The average molecular weight is 275 g/mol. The topological polar surface area (TPSA) is 40.5 Å². The molecule has 0 aliphatic carbocycles. The van der Waals surface area contributed by atoms with Crippen molar-refractivity contribution in [2.24, 2.45) is 0 Å². The molecule has 3 heteroatoms. The Kier molecular flexibility index (Phi) is 3.92. The van der Waals surface area contributed by atoms with E-state index in [4.69, 9.17) is 0 Å². The van der Waals surface area contributed by atoms with Gasteiger partial charge in [0.25, 0.3) is 0 Å². The summed E-state index contributed by atoms with van der Waals surface area (Å²) in [6.45, 7) is 10.1. The molecule has 1 heterocycles. The average Bonchev–Trinajstić information content (AvgIpc) is 2.91. The Morgan fingerprint density at radius 1 is 1.00 bits per heavy atom. The molecule has 0 amide bonds. The number of carbonyl (C=O) groups is 1. The number of rotatable bonds is 3. The minimum atomic E-state index is -0.910. The van der Waals surface area contributed by atoms with Crippen molar-refractivity contribution in [2.45, 2.75) is 51.5 Å². The lowest BCUT2D eigenvalue weighted by atomic mass is 9.83. The summed E-state index contributed by atoms with van der Waals surface area (Å²) in [6, 6.07) is 8.08. The van der Waals surface area contributed by atoms with Gasteiger partial charge in [-0.2, -0.15) is 0 Å². The first-order valence-electron chi connectivity index (χ1n) is 7.36. The van der Waals surface area contributed by atoms with Crippen LogP contribution in [-0.2, 0) is 15.7 Å². The van der Waals surface area contributed by atoms with Crippen molar-refractivity contribution in [1.29, 1.82) is 0 Å². The van der Waals surface area contributed by atoms with E-state index in [0.717, 1.165) is 31.5 Å².